The number of non-ortho nitro benzene ring substituents is 1. The Morgan fingerprint density at radius 2 is 2.19 bits per heavy atom. The Morgan fingerprint density at radius 1 is 1.38 bits per heavy atom. The summed E-state index contributed by atoms with van der Waals surface area (Å²) in [6.07, 6.45) is 0. The van der Waals surface area contributed by atoms with Gasteiger partial charge in [-0.25, -0.2) is 0 Å². The van der Waals surface area contributed by atoms with Crippen LogP contribution in [0.15, 0.2) is 36.4 Å². The van der Waals surface area contributed by atoms with E-state index in [0.717, 1.165) is 9.21 Å². The van der Waals surface area contributed by atoms with Crippen LogP contribution in [0.2, 0.25) is 4.34 Å². The number of thioether (sulfide) groups is 1. The van der Waals surface area contributed by atoms with Crippen molar-refractivity contribution in [2.75, 3.05) is 11.1 Å². The van der Waals surface area contributed by atoms with Crippen LogP contribution >= 0.6 is 34.7 Å². The summed E-state index contributed by atoms with van der Waals surface area (Å²) in [7, 11) is 0. The van der Waals surface area contributed by atoms with Crippen LogP contribution in [0.4, 0.5) is 11.4 Å². The largest absolute Gasteiger partial charge is 0.325 e. The molecule has 1 N–H and O–H groups in total. The van der Waals surface area contributed by atoms with E-state index < -0.39 is 4.92 Å². The van der Waals surface area contributed by atoms with Crippen molar-refractivity contribution in [3.63, 3.8) is 0 Å². The molecule has 0 aliphatic heterocycles. The van der Waals surface area contributed by atoms with E-state index in [9.17, 15) is 14.9 Å². The van der Waals surface area contributed by atoms with Gasteiger partial charge in [0.05, 0.1) is 15.0 Å². The number of thiophene rings is 1. The molecule has 0 unspecified atom stereocenters. The molecule has 0 aliphatic rings. The monoisotopic (exact) mass is 342 g/mol. The number of nitro benzene ring substituents is 1. The van der Waals surface area contributed by atoms with Gasteiger partial charge in [0.15, 0.2) is 0 Å². The Labute approximate surface area is 134 Å². The number of nitro groups is 1. The molecule has 0 saturated heterocycles. The second-order valence-corrected chi connectivity index (χ2v) is 6.84. The molecule has 2 rings (SSSR count). The van der Waals surface area contributed by atoms with E-state index >= 15 is 0 Å². The standard InChI is InChI=1S/C13H11ClN2O3S2/c14-12-5-4-11(21-12)7-20-8-13(17)15-9-2-1-3-10(6-9)16(18)19/h1-6H,7-8H2,(H,15,17). The highest BCUT2D eigenvalue weighted by Gasteiger charge is 2.08. The van der Waals surface area contributed by atoms with E-state index in [2.05, 4.69) is 5.32 Å². The van der Waals surface area contributed by atoms with Gasteiger partial charge >= 0.3 is 0 Å². The van der Waals surface area contributed by atoms with Gasteiger partial charge in [0.1, 0.15) is 0 Å². The van der Waals surface area contributed by atoms with Crippen molar-refractivity contribution in [2.45, 2.75) is 5.75 Å². The number of rotatable bonds is 6. The van der Waals surface area contributed by atoms with E-state index in [1.807, 2.05) is 12.1 Å². The fourth-order valence-corrected chi connectivity index (χ4v) is 3.59. The molecule has 8 heteroatoms. The molecule has 21 heavy (non-hydrogen) atoms. The molecular weight excluding hydrogens is 332 g/mol. The summed E-state index contributed by atoms with van der Waals surface area (Å²) in [6, 6.07) is 9.62. The lowest BCUT2D eigenvalue weighted by atomic mass is 10.3. The Hall–Kier alpha value is -1.57. The Morgan fingerprint density at radius 3 is 2.86 bits per heavy atom. The van der Waals surface area contributed by atoms with Gasteiger partial charge in [-0.05, 0) is 18.2 Å². The van der Waals surface area contributed by atoms with Crippen molar-refractivity contribution in [2.24, 2.45) is 0 Å². The summed E-state index contributed by atoms with van der Waals surface area (Å²) in [5.41, 5.74) is 0.377. The molecule has 0 fully saturated rings. The smallest absolute Gasteiger partial charge is 0.271 e. The summed E-state index contributed by atoms with van der Waals surface area (Å²) >= 11 is 8.77. The maximum atomic E-state index is 11.8. The Bertz CT molecular complexity index is 660. The molecule has 5 nitrogen and oxygen atoms in total. The lowest BCUT2D eigenvalue weighted by Crippen LogP contribution is -2.14. The van der Waals surface area contributed by atoms with Gasteiger partial charge in [-0.1, -0.05) is 17.7 Å². The molecule has 2 aromatic rings. The van der Waals surface area contributed by atoms with Gasteiger partial charge in [0, 0.05) is 28.5 Å². The molecule has 0 radical (unpaired) electrons. The molecule has 1 amide bonds. The molecular formula is C13H11ClN2O3S2. The summed E-state index contributed by atoms with van der Waals surface area (Å²) in [5, 5.41) is 13.3. The Kier molecular flexibility index (Phi) is 5.60. The minimum atomic E-state index is -0.495. The fourth-order valence-electron chi connectivity index (χ4n) is 1.57. The van der Waals surface area contributed by atoms with Gasteiger partial charge in [-0.2, -0.15) is 0 Å². The molecule has 0 aliphatic carbocycles. The van der Waals surface area contributed by atoms with E-state index in [-0.39, 0.29) is 17.3 Å². The zero-order chi connectivity index (χ0) is 15.2. The summed E-state index contributed by atoms with van der Waals surface area (Å²) < 4.78 is 0.728. The molecule has 0 bridgehead atoms. The topological polar surface area (TPSA) is 72.2 Å². The number of carbonyl (C=O) groups excluding carboxylic acids is 1. The highest BCUT2D eigenvalue weighted by Crippen LogP contribution is 2.25. The number of anilines is 1. The normalized spacial score (nSPS) is 10.3. The number of hydrogen-bond acceptors (Lipinski definition) is 5. The second kappa shape index (κ2) is 7.44. The molecule has 0 atom stereocenters. The predicted molar refractivity (Wildman–Crippen MR) is 87.2 cm³/mol. The number of benzene rings is 1. The number of nitrogens with one attached hydrogen (secondary N) is 1. The van der Waals surface area contributed by atoms with Crippen LogP contribution in [0.3, 0.4) is 0 Å². The van der Waals surface area contributed by atoms with Crippen molar-refractivity contribution in [3.8, 4) is 0 Å². The van der Waals surface area contributed by atoms with Crippen LogP contribution in [-0.4, -0.2) is 16.6 Å². The van der Waals surface area contributed by atoms with Gasteiger partial charge in [0.2, 0.25) is 5.91 Å². The zero-order valence-corrected chi connectivity index (χ0v) is 13.1. The number of nitrogens with zero attached hydrogens (tertiary/aromatic N) is 1. The summed E-state index contributed by atoms with van der Waals surface area (Å²) in [4.78, 5) is 23.0. The SMILES string of the molecule is O=C(CSCc1ccc(Cl)s1)Nc1cccc([N+](=O)[O-])c1. The first-order chi connectivity index (χ1) is 10.0. The van der Waals surface area contributed by atoms with E-state index in [1.165, 1.54) is 41.3 Å². The minimum Gasteiger partial charge on any atom is -0.325 e. The predicted octanol–water partition coefficient (Wildman–Crippen LogP) is 4.18. The maximum Gasteiger partial charge on any atom is 0.271 e. The van der Waals surface area contributed by atoms with Crippen LogP contribution < -0.4 is 5.32 Å². The first-order valence-corrected chi connectivity index (χ1v) is 8.26. The second-order valence-electron chi connectivity index (χ2n) is 4.05. The molecule has 1 heterocycles. The summed E-state index contributed by atoms with van der Waals surface area (Å²) in [5.74, 6) is 0.793. The maximum absolute atomic E-state index is 11.8. The van der Waals surface area contributed by atoms with Crippen molar-refractivity contribution in [1.82, 2.24) is 0 Å². The number of amides is 1. The average Bonchev–Trinajstić information content (AvgIpc) is 2.84. The quantitative estimate of drug-likeness (QED) is 0.631. The molecule has 0 spiro atoms. The molecule has 110 valence electrons. The highest BCUT2D eigenvalue weighted by atomic mass is 35.5. The van der Waals surface area contributed by atoms with Gasteiger partial charge < -0.3 is 5.32 Å². The highest BCUT2D eigenvalue weighted by molar-refractivity contribution is 7.99. The number of halogens is 1. The Balaban J connectivity index is 1.81. The average molecular weight is 343 g/mol. The van der Waals surface area contributed by atoms with Crippen LogP contribution in [0, 0.1) is 10.1 Å². The molecule has 0 saturated carbocycles. The van der Waals surface area contributed by atoms with Crippen molar-refractivity contribution < 1.29 is 9.72 Å². The van der Waals surface area contributed by atoms with Gasteiger partial charge in [-0.3, -0.25) is 14.9 Å². The van der Waals surface area contributed by atoms with Crippen LogP contribution in [-0.2, 0) is 10.5 Å². The molecule has 1 aromatic heterocycles. The van der Waals surface area contributed by atoms with Gasteiger partial charge in [0.25, 0.3) is 5.69 Å². The lowest BCUT2D eigenvalue weighted by molar-refractivity contribution is -0.384. The number of carbonyl (C=O) groups is 1. The fraction of sp³-hybridized carbons (Fsp3) is 0.154. The van der Waals surface area contributed by atoms with E-state index in [4.69, 9.17) is 11.6 Å². The first-order valence-electron chi connectivity index (χ1n) is 5.91. The minimum absolute atomic E-state index is 0.0475. The van der Waals surface area contributed by atoms with Crippen molar-refractivity contribution in [3.05, 3.63) is 55.7 Å². The first kappa shape index (κ1) is 15.8. The van der Waals surface area contributed by atoms with Crippen LogP contribution in [0.25, 0.3) is 0 Å². The third-order valence-corrected chi connectivity index (χ3v) is 4.84. The van der Waals surface area contributed by atoms with Crippen molar-refractivity contribution in [1.29, 1.82) is 0 Å². The van der Waals surface area contributed by atoms with Crippen LogP contribution in [0.1, 0.15) is 4.88 Å². The van der Waals surface area contributed by atoms with Crippen molar-refractivity contribution >= 4 is 52.0 Å². The third-order valence-electron chi connectivity index (χ3n) is 2.45. The number of hydrogen-bond donors (Lipinski definition) is 1. The summed E-state index contributed by atoms with van der Waals surface area (Å²) in [6.45, 7) is 0. The van der Waals surface area contributed by atoms with Crippen LogP contribution in [0.5, 0.6) is 0 Å². The van der Waals surface area contributed by atoms with E-state index in [0.29, 0.717) is 11.4 Å². The van der Waals surface area contributed by atoms with E-state index in [1.54, 1.807) is 6.07 Å². The third kappa shape index (κ3) is 5.04. The van der Waals surface area contributed by atoms with Gasteiger partial charge in [-0.15, -0.1) is 23.1 Å². The lowest BCUT2D eigenvalue weighted by Gasteiger charge is -2.04. The zero-order valence-electron chi connectivity index (χ0n) is 10.7. The molecule has 1 aromatic carbocycles.